The normalized spacial score (nSPS) is 25.6. The van der Waals surface area contributed by atoms with Crippen LogP contribution in [0.4, 0.5) is 5.69 Å². The highest BCUT2D eigenvalue weighted by molar-refractivity contribution is 5.92. The molecule has 2 N–H and O–H groups in total. The fourth-order valence-electron chi connectivity index (χ4n) is 3.55. The summed E-state index contributed by atoms with van der Waals surface area (Å²) in [5.41, 5.74) is 2.01. The molecule has 2 saturated heterocycles. The largest absolute Gasteiger partial charge is 0.325 e. The summed E-state index contributed by atoms with van der Waals surface area (Å²) in [4.78, 5) is 14.7. The molecule has 2 heterocycles. The van der Waals surface area contributed by atoms with Crippen LogP contribution in [0.2, 0.25) is 0 Å². The minimum atomic E-state index is 0.0538. The number of anilines is 1. The van der Waals surface area contributed by atoms with Gasteiger partial charge in [0.1, 0.15) is 0 Å². The Hall–Kier alpha value is -1.39. The molecule has 114 valence electrons. The average molecular weight is 287 g/mol. The maximum atomic E-state index is 12.1. The number of carbonyl (C=O) groups excluding carboxylic acids is 1. The van der Waals surface area contributed by atoms with Crippen LogP contribution in [0, 0.1) is 6.92 Å². The third kappa shape index (κ3) is 3.63. The number of carbonyl (C=O) groups is 1. The third-order valence-corrected chi connectivity index (χ3v) is 4.79. The van der Waals surface area contributed by atoms with E-state index in [0.717, 1.165) is 23.7 Å². The number of nitrogens with zero attached hydrogens (tertiary/aromatic N) is 1. The van der Waals surface area contributed by atoms with Gasteiger partial charge in [0.05, 0.1) is 6.54 Å². The Labute approximate surface area is 126 Å². The van der Waals surface area contributed by atoms with Crippen molar-refractivity contribution in [3.8, 4) is 0 Å². The van der Waals surface area contributed by atoms with Gasteiger partial charge in [-0.05, 0) is 57.3 Å². The van der Waals surface area contributed by atoms with Gasteiger partial charge in [-0.15, -0.1) is 0 Å². The van der Waals surface area contributed by atoms with E-state index in [4.69, 9.17) is 0 Å². The predicted octanol–water partition coefficient (Wildman–Crippen LogP) is 2.15. The van der Waals surface area contributed by atoms with Crippen molar-refractivity contribution in [1.82, 2.24) is 10.2 Å². The van der Waals surface area contributed by atoms with E-state index in [9.17, 15) is 4.79 Å². The molecule has 0 aliphatic carbocycles. The molecule has 3 rings (SSSR count). The summed E-state index contributed by atoms with van der Waals surface area (Å²) in [6, 6.07) is 9.13. The molecule has 2 aliphatic rings. The number of para-hydroxylation sites is 1. The molecule has 4 nitrogen and oxygen atoms in total. The van der Waals surface area contributed by atoms with Gasteiger partial charge >= 0.3 is 0 Å². The van der Waals surface area contributed by atoms with Crippen LogP contribution in [-0.2, 0) is 4.79 Å². The number of fused-ring (bicyclic) bond motifs is 1. The fourth-order valence-corrected chi connectivity index (χ4v) is 3.55. The van der Waals surface area contributed by atoms with Crippen molar-refractivity contribution in [2.24, 2.45) is 0 Å². The average Bonchev–Trinajstić information content (AvgIpc) is 2.95. The summed E-state index contributed by atoms with van der Waals surface area (Å²) in [6.45, 7) is 4.87. The highest BCUT2D eigenvalue weighted by atomic mass is 16.1. The number of nitrogens with one attached hydrogen (secondary N) is 2. The van der Waals surface area contributed by atoms with Crippen LogP contribution in [0.25, 0.3) is 0 Å². The Bertz CT molecular complexity index is 503. The van der Waals surface area contributed by atoms with Gasteiger partial charge in [-0.3, -0.25) is 4.79 Å². The predicted molar refractivity (Wildman–Crippen MR) is 85.4 cm³/mol. The number of hydrogen-bond donors (Lipinski definition) is 2. The zero-order valence-corrected chi connectivity index (χ0v) is 12.8. The van der Waals surface area contributed by atoms with Crippen molar-refractivity contribution in [2.45, 2.75) is 44.7 Å². The van der Waals surface area contributed by atoms with E-state index in [1.807, 2.05) is 31.2 Å². The van der Waals surface area contributed by atoms with Crippen molar-refractivity contribution in [3.05, 3.63) is 29.8 Å². The lowest BCUT2D eigenvalue weighted by Crippen LogP contribution is -2.47. The molecular weight excluding hydrogens is 262 g/mol. The van der Waals surface area contributed by atoms with Gasteiger partial charge in [0.2, 0.25) is 5.91 Å². The first-order chi connectivity index (χ1) is 10.2. The Morgan fingerprint density at radius 1 is 1.29 bits per heavy atom. The van der Waals surface area contributed by atoms with Gasteiger partial charge in [0.25, 0.3) is 0 Å². The van der Waals surface area contributed by atoms with Crippen LogP contribution in [0.15, 0.2) is 24.3 Å². The van der Waals surface area contributed by atoms with Crippen molar-refractivity contribution in [3.63, 3.8) is 0 Å². The third-order valence-electron chi connectivity index (χ3n) is 4.79. The van der Waals surface area contributed by atoms with Gasteiger partial charge in [0.15, 0.2) is 0 Å². The first kappa shape index (κ1) is 14.5. The van der Waals surface area contributed by atoms with Gasteiger partial charge < -0.3 is 15.5 Å². The first-order valence-corrected chi connectivity index (χ1v) is 8.05. The Morgan fingerprint density at radius 2 is 2.14 bits per heavy atom. The van der Waals surface area contributed by atoms with E-state index in [0.29, 0.717) is 12.6 Å². The fraction of sp³-hybridized carbons (Fsp3) is 0.588. The van der Waals surface area contributed by atoms with Gasteiger partial charge in [0, 0.05) is 17.8 Å². The van der Waals surface area contributed by atoms with E-state index in [1.165, 1.54) is 32.4 Å². The number of benzene rings is 1. The van der Waals surface area contributed by atoms with E-state index < -0.39 is 0 Å². The molecule has 2 atom stereocenters. The highest BCUT2D eigenvalue weighted by Gasteiger charge is 2.31. The maximum Gasteiger partial charge on any atom is 0.238 e. The SMILES string of the molecule is Cc1ccccc1NC(=O)CNC1CCN2CCCC2C1. The Balaban J connectivity index is 1.45. The van der Waals surface area contributed by atoms with E-state index in [1.54, 1.807) is 0 Å². The van der Waals surface area contributed by atoms with E-state index >= 15 is 0 Å². The molecule has 2 fully saturated rings. The lowest BCUT2D eigenvalue weighted by atomic mass is 9.97. The van der Waals surface area contributed by atoms with Crippen LogP contribution >= 0.6 is 0 Å². The number of piperidine rings is 1. The molecule has 2 unspecified atom stereocenters. The van der Waals surface area contributed by atoms with Crippen LogP contribution in [0.3, 0.4) is 0 Å². The Morgan fingerprint density at radius 3 is 3.00 bits per heavy atom. The summed E-state index contributed by atoms with van der Waals surface area (Å²) in [6.07, 6.45) is 5.02. The molecule has 1 amide bonds. The minimum Gasteiger partial charge on any atom is -0.325 e. The van der Waals surface area contributed by atoms with E-state index in [-0.39, 0.29) is 5.91 Å². The summed E-state index contributed by atoms with van der Waals surface area (Å²) in [5, 5.41) is 6.42. The monoisotopic (exact) mass is 287 g/mol. The van der Waals surface area contributed by atoms with Gasteiger partial charge in [-0.1, -0.05) is 18.2 Å². The lowest BCUT2D eigenvalue weighted by molar-refractivity contribution is -0.115. The second-order valence-corrected chi connectivity index (χ2v) is 6.30. The molecular formula is C17H25N3O. The van der Waals surface area contributed by atoms with Crippen LogP contribution < -0.4 is 10.6 Å². The number of aryl methyl sites for hydroxylation is 1. The van der Waals surface area contributed by atoms with Crippen LogP contribution in [-0.4, -0.2) is 42.5 Å². The standard InChI is InChI=1S/C17H25N3O/c1-13-5-2-3-7-16(13)19-17(21)12-18-14-8-10-20-9-4-6-15(20)11-14/h2-3,5,7,14-15,18H,4,6,8-12H2,1H3,(H,19,21). The van der Waals surface area contributed by atoms with Crippen LogP contribution in [0.1, 0.15) is 31.2 Å². The molecule has 1 aromatic carbocycles. The molecule has 0 spiro atoms. The number of rotatable bonds is 4. The molecule has 0 saturated carbocycles. The lowest BCUT2D eigenvalue weighted by Gasteiger charge is -2.35. The second-order valence-electron chi connectivity index (χ2n) is 6.30. The molecule has 4 heteroatoms. The van der Waals surface area contributed by atoms with Crippen molar-refractivity contribution < 1.29 is 4.79 Å². The molecule has 2 aliphatic heterocycles. The number of hydrogen-bond acceptors (Lipinski definition) is 3. The Kier molecular flexibility index (Phi) is 4.56. The van der Waals surface area contributed by atoms with Crippen molar-refractivity contribution >= 4 is 11.6 Å². The minimum absolute atomic E-state index is 0.0538. The molecule has 1 aromatic rings. The molecule has 21 heavy (non-hydrogen) atoms. The quantitative estimate of drug-likeness (QED) is 0.892. The smallest absolute Gasteiger partial charge is 0.238 e. The van der Waals surface area contributed by atoms with Crippen LogP contribution in [0.5, 0.6) is 0 Å². The molecule has 0 aromatic heterocycles. The van der Waals surface area contributed by atoms with E-state index in [2.05, 4.69) is 15.5 Å². The maximum absolute atomic E-state index is 12.1. The first-order valence-electron chi connectivity index (χ1n) is 8.05. The summed E-state index contributed by atoms with van der Waals surface area (Å²) in [7, 11) is 0. The number of amides is 1. The highest BCUT2D eigenvalue weighted by Crippen LogP contribution is 2.26. The van der Waals surface area contributed by atoms with Gasteiger partial charge in [-0.25, -0.2) is 0 Å². The van der Waals surface area contributed by atoms with Crippen molar-refractivity contribution in [2.75, 3.05) is 25.0 Å². The molecule has 0 bridgehead atoms. The van der Waals surface area contributed by atoms with Crippen molar-refractivity contribution in [1.29, 1.82) is 0 Å². The zero-order chi connectivity index (χ0) is 14.7. The summed E-state index contributed by atoms with van der Waals surface area (Å²) < 4.78 is 0. The zero-order valence-electron chi connectivity index (χ0n) is 12.8. The summed E-state index contributed by atoms with van der Waals surface area (Å²) >= 11 is 0. The summed E-state index contributed by atoms with van der Waals surface area (Å²) in [5.74, 6) is 0.0538. The topological polar surface area (TPSA) is 44.4 Å². The molecule has 0 radical (unpaired) electrons. The second kappa shape index (κ2) is 6.58. The van der Waals surface area contributed by atoms with Gasteiger partial charge in [-0.2, -0.15) is 0 Å².